The molecule has 0 bridgehead atoms. The van der Waals surface area contributed by atoms with Crippen LogP contribution in [0.2, 0.25) is 0 Å². The highest BCUT2D eigenvalue weighted by Crippen LogP contribution is 2.46. The largest absolute Gasteiger partial charge is 0.0651 e. The number of hydrogen-bond donors (Lipinski definition) is 0. The molecule has 1 fully saturated rings. The smallest absolute Gasteiger partial charge is 0.0329 e. The first-order chi connectivity index (χ1) is 6.99. The first kappa shape index (κ1) is 13.1. The van der Waals surface area contributed by atoms with Gasteiger partial charge in [-0.2, -0.15) is 0 Å². The van der Waals surface area contributed by atoms with Crippen LogP contribution in [-0.4, -0.2) is 0 Å². The molecule has 0 N–H and O–H groups in total. The third-order valence-corrected chi connectivity index (χ3v) is 4.70. The molecule has 4 atom stereocenters. The first-order valence-electron chi connectivity index (χ1n) is 6.99. The molecule has 90 valence electrons. The van der Waals surface area contributed by atoms with Gasteiger partial charge in [0.15, 0.2) is 0 Å². The van der Waals surface area contributed by atoms with Gasteiger partial charge >= 0.3 is 0 Å². The van der Waals surface area contributed by atoms with Crippen molar-refractivity contribution in [3.63, 3.8) is 0 Å². The van der Waals surface area contributed by atoms with Crippen LogP contribution >= 0.6 is 0 Å². The fourth-order valence-electron chi connectivity index (χ4n) is 4.12. The lowest BCUT2D eigenvalue weighted by atomic mass is 9.59. The van der Waals surface area contributed by atoms with Crippen LogP contribution < -0.4 is 0 Å². The average molecular weight is 210 g/mol. The first-order valence-corrected chi connectivity index (χ1v) is 6.99. The van der Waals surface area contributed by atoms with Crippen LogP contribution in [0.5, 0.6) is 0 Å². The zero-order chi connectivity index (χ0) is 11.6. The molecule has 0 saturated heterocycles. The summed E-state index contributed by atoms with van der Waals surface area (Å²) in [5, 5.41) is 0. The van der Waals surface area contributed by atoms with E-state index >= 15 is 0 Å². The predicted molar refractivity (Wildman–Crippen MR) is 68.8 cm³/mol. The van der Waals surface area contributed by atoms with Crippen molar-refractivity contribution in [2.75, 3.05) is 0 Å². The van der Waals surface area contributed by atoms with E-state index < -0.39 is 0 Å². The third-order valence-electron chi connectivity index (χ3n) is 4.70. The van der Waals surface area contributed by atoms with E-state index in [2.05, 4.69) is 41.5 Å². The van der Waals surface area contributed by atoms with Gasteiger partial charge in [0.1, 0.15) is 0 Å². The summed E-state index contributed by atoms with van der Waals surface area (Å²) < 4.78 is 0. The maximum absolute atomic E-state index is 2.48. The summed E-state index contributed by atoms with van der Waals surface area (Å²) in [6.45, 7) is 14.6. The number of rotatable bonds is 3. The van der Waals surface area contributed by atoms with Crippen molar-refractivity contribution in [1.82, 2.24) is 0 Å². The van der Waals surface area contributed by atoms with Crippen LogP contribution in [0, 0.1) is 35.5 Å². The summed E-state index contributed by atoms with van der Waals surface area (Å²) in [6.07, 6.45) is 4.33. The molecular formula is C15H30. The van der Waals surface area contributed by atoms with Crippen molar-refractivity contribution in [2.24, 2.45) is 35.5 Å². The molecule has 0 aromatic rings. The molecule has 0 amide bonds. The van der Waals surface area contributed by atoms with Gasteiger partial charge in [-0.25, -0.2) is 0 Å². The minimum Gasteiger partial charge on any atom is -0.0651 e. The third kappa shape index (κ3) is 2.77. The van der Waals surface area contributed by atoms with E-state index in [1.54, 1.807) is 0 Å². The highest BCUT2D eigenvalue weighted by atomic mass is 14.4. The van der Waals surface area contributed by atoms with Crippen molar-refractivity contribution in [3.8, 4) is 0 Å². The second-order valence-electron chi connectivity index (χ2n) is 6.37. The van der Waals surface area contributed by atoms with Gasteiger partial charge in [-0.1, -0.05) is 54.4 Å². The van der Waals surface area contributed by atoms with E-state index in [1.165, 1.54) is 19.3 Å². The summed E-state index contributed by atoms with van der Waals surface area (Å²) in [6, 6.07) is 0. The Hall–Kier alpha value is 0. The fraction of sp³-hybridized carbons (Fsp3) is 1.00. The normalized spacial score (nSPS) is 37.6. The lowest BCUT2D eigenvalue weighted by molar-refractivity contribution is 0.0290. The van der Waals surface area contributed by atoms with Gasteiger partial charge in [-0.15, -0.1) is 0 Å². The van der Waals surface area contributed by atoms with Crippen LogP contribution in [0.15, 0.2) is 0 Å². The summed E-state index contributed by atoms with van der Waals surface area (Å²) in [5.41, 5.74) is 0. The molecular weight excluding hydrogens is 180 g/mol. The van der Waals surface area contributed by atoms with Crippen molar-refractivity contribution < 1.29 is 0 Å². The second-order valence-corrected chi connectivity index (χ2v) is 6.37. The molecule has 0 heteroatoms. The fourth-order valence-corrected chi connectivity index (χ4v) is 4.12. The Bertz CT molecular complexity index is 180. The highest BCUT2D eigenvalue weighted by Gasteiger charge is 2.39. The average Bonchev–Trinajstić information content (AvgIpc) is 2.16. The van der Waals surface area contributed by atoms with Crippen molar-refractivity contribution in [3.05, 3.63) is 0 Å². The standard InChI is InChI=1S/C15H30/c1-7-13-9-8-12(6)14(10(2)3)15(13)11(4)5/h10-15H,7-9H2,1-6H3. The van der Waals surface area contributed by atoms with Crippen LogP contribution in [0.25, 0.3) is 0 Å². The molecule has 0 aliphatic heterocycles. The lowest BCUT2D eigenvalue weighted by Crippen LogP contribution is -2.39. The molecule has 0 spiro atoms. The number of hydrogen-bond acceptors (Lipinski definition) is 0. The minimum atomic E-state index is 0.863. The summed E-state index contributed by atoms with van der Waals surface area (Å²) in [4.78, 5) is 0. The van der Waals surface area contributed by atoms with E-state index in [0.717, 1.165) is 35.5 Å². The van der Waals surface area contributed by atoms with E-state index in [-0.39, 0.29) is 0 Å². The molecule has 0 aromatic carbocycles. The molecule has 1 aliphatic rings. The molecule has 0 heterocycles. The Balaban J connectivity index is 2.85. The second kappa shape index (κ2) is 5.37. The topological polar surface area (TPSA) is 0 Å². The zero-order valence-corrected chi connectivity index (χ0v) is 11.6. The van der Waals surface area contributed by atoms with Gasteiger partial charge in [0, 0.05) is 0 Å². The molecule has 1 saturated carbocycles. The van der Waals surface area contributed by atoms with E-state index in [9.17, 15) is 0 Å². The predicted octanol–water partition coefficient (Wildman–Crippen LogP) is 4.99. The zero-order valence-electron chi connectivity index (χ0n) is 11.6. The minimum absolute atomic E-state index is 0.863. The molecule has 1 aliphatic carbocycles. The van der Waals surface area contributed by atoms with E-state index in [1.807, 2.05) is 0 Å². The SMILES string of the molecule is CCC1CCC(C)C(C(C)C)C1C(C)C. The highest BCUT2D eigenvalue weighted by molar-refractivity contribution is 4.88. The van der Waals surface area contributed by atoms with Gasteiger partial charge in [0.25, 0.3) is 0 Å². The van der Waals surface area contributed by atoms with Gasteiger partial charge < -0.3 is 0 Å². The molecule has 15 heavy (non-hydrogen) atoms. The lowest BCUT2D eigenvalue weighted by Gasteiger charge is -2.46. The summed E-state index contributed by atoms with van der Waals surface area (Å²) in [7, 11) is 0. The Morgan fingerprint density at radius 3 is 1.87 bits per heavy atom. The molecule has 0 radical (unpaired) electrons. The molecule has 4 unspecified atom stereocenters. The Morgan fingerprint density at radius 1 is 0.933 bits per heavy atom. The van der Waals surface area contributed by atoms with Gasteiger partial charge in [-0.05, 0) is 41.9 Å². The Labute approximate surface area is 96.8 Å². The maximum atomic E-state index is 2.48. The Morgan fingerprint density at radius 2 is 1.47 bits per heavy atom. The quantitative estimate of drug-likeness (QED) is 0.616. The monoisotopic (exact) mass is 210 g/mol. The van der Waals surface area contributed by atoms with Gasteiger partial charge in [-0.3, -0.25) is 0 Å². The van der Waals surface area contributed by atoms with Crippen LogP contribution in [0.3, 0.4) is 0 Å². The Kier molecular flexibility index (Phi) is 4.67. The summed E-state index contributed by atoms with van der Waals surface area (Å²) >= 11 is 0. The van der Waals surface area contributed by atoms with E-state index in [0.29, 0.717) is 0 Å². The molecule has 0 aromatic heterocycles. The van der Waals surface area contributed by atoms with Crippen LogP contribution in [0.1, 0.15) is 60.8 Å². The van der Waals surface area contributed by atoms with E-state index in [4.69, 9.17) is 0 Å². The van der Waals surface area contributed by atoms with Crippen LogP contribution in [0.4, 0.5) is 0 Å². The van der Waals surface area contributed by atoms with Crippen LogP contribution in [-0.2, 0) is 0 Å². The molecule has 1 rings (SSSR count). The maximum Gasteiger partial charge on any atom is -0.0329 e. The van der Waals surface area contributed by atoms with Gasteiger partial charge in [0.2, 0.25) is 0 Å². The van der Waals surface area contributed by atoms with Crippen molar-refractivity contribution in [2.45, 2.75) is 60.8 Å². The van der Waals surface area contributed by atoms with Crippen molar-refractivity contribution in [1.29, 1.82) is 0 Å². The van der Waals surface area contributed by atoms with Gasteiger partial charge in [0.05, 0.1) is 0 Å². The van der Waals surface area contributed by atoms with Crippen molar-refractivity contribution >= 4 is 0 Å². The summed E-state index contributed by atoms with van der Waals surface area (Å²) in [5.74, 6) is 5.60. The molecule has 0 nitrogen and oxygen atoms in total.